The summed E-state index contributed by atoms with van der Waals surface area (Å²) in [4.78, 5) is 7.15. The van der Waals surface area contributed by atoms with E-state index in [1.165, 1.54) is 27.3 Å². The molecule has 2 heterocycles. The molecule has 0 atom stereocenters. The van der Waals surface area contributed by atoms with Gasteiger partial charge in [-0.05, 0) is 44.5 Å². The van der Waals surface area contributed by atoms with Crippen molar-refractivity contribution in [1.29, 1.82) is 0 Å². The number of fused-ring (bicyclic) bond motifs is 1. The molecule has 4 heteroatoms. The quantitative estimate of drug-likeness (QED) is 0.800. The van der Waals surface area contributed by atoms with Gasteiger partial charge in [-0.2, -0.15) is 0 Å². The number of rotatable bonds is 3. The summed E-state index contributed by atoms with van der Waals surface area (Å²) < 4.78 is 2.19. The normalized spacial score (nSPS) is 11.4. The van der Waals surface area contributed by atoms with Gasteiger partial charge in [0.25, 0.3) is 0 Å². The van der Waals surface area contributed by atoms with Crippen molar-refractivity contribution in [2.75, 3.05) is 6.54 Å². The van der Waals surface area contributed by atoms with Gasteiger partial charge in [0.1, 0.15) is 0 Å². The molecular weight excluding hydrogens is 266 g/mol. The molecule has 0 fully saturated rings. The highest BCUT2D eigenvalue weighted by Crippen LogP contribution is 2.29. The van der Waals surface area contributed by atoms with Crippen molar-refractivity contribution in [3.63, 3.8) is 0 Å². The van der Waals surface area contributed by atoms with E-state index in [0.717, 1.165) is 17.1 Å². The van der Waals surface area contributed by atoms with Gasteiger partial charge in [0.05, 0.1) is 11.4 Å². The van der Waals surface area contributed by atoms with E-state index in [0.29, 0.717) is 6.54 Å². The lowest BCUT2D eigenvalue weighted by molar-refractivity contribution is 0.910. The van der Waals surface area contributed by atoms with Crippen LogP contribution >= 0.6 is 11.3 Å². The molecule has 0 aliphatic carbocycles. The molecule has 104 valence electrons. The van der Waals surface area contributed by atoms with E-state index < -0.39 is 0 Å². The molecular formula is C16H19N3S. The van der Waals surface area contributed by atoms with Crippen molar-refractivity contribution in [2.24, 2.45) is 5.73 Å². The molecule has 0 radical (unpaired) electrons. The zero-order valence-corrected chi connectivity index (χ0v) is 12.9. The Kier molecular flexibility index (Phi) is 3.36. The third-order valence-electron chi connectivity index (χ3n) is 3.70. The summed E-state index contributed by atoms with van der Waals surface area (Å²) in [5.74, 6) is 0. The Bertz CT molecular complexity index is 767. The fourth-order valence-corrected chi connectivity index (χ4v) is 3.34. The molecule has 0 saturated heterocycles. The smallest absolute Gasteiger partial charge is 0.194 e. The average molecular weight is 285 g/mol. The first-order chi connectivity index (χ1) is 9.60. The predicted molar refractivity (Wildman–Crippen MR) is 85.5 cm³/mol. The fraction of sp³-hybridized carbons (Fsp3) is 0.312. The van der Waals surface area contributed by atoms with Gasteiger partial charge < -0.3 is 5.73 Å². The molecule has 0 bridgehead atoms. The number of nitrogens with zero attached hydrogens (tertiary/aromatic N) is 2. The van der Waals surface area contributed by atoms with Crippen LogP contribution in [0, 0.1) is 20.8 Å². The van der Waals surface area contributed by atoms with Gasteiger partial charge >= 0.3 is 0 Å². The van der Waals surface area contributed by atoms with Gasteiger partial charge in [0.15, 0.2) is 4.96 Å². The summed E-state index contributed by atoms with van der Waals surface area (Å²) in [6.45, 7) is 7.03. The summed E-state index contributed by atoms with van der Waals surface area (Å²) in [5, 5.41) is 0. The maximum Gasteiger partial charge on any atom is 0.194 e. The predicted octanol–water partition coefficient (Wildman–Crippen LogP) is 3.49. The Balaban J connectivity index is 2.21. The van der Waals surface area contributed by atoms with Crippen molar-refractivity contribution in [2.45, 2.75) is 27.2 Å². The van der Waals surface area contributed by atoms with Crippen LogP contribution in [0.15, 0.2) is 24.4 Å². The summed E-state index contributed by atoms with van der Waals surface area (Å²) in [7, 11) is 0. The van der Waals surface area contributed by atoms with Crippen LogP contribution in [0.4, 0.5) is 0 Å². The fourth-order valence-electron chi connectivity index (χ4n) is 2.50. The maximum atomic E-state index is 5.78. The molecule has 0 saturated carbocycles. The minimum absolute atomic E-state index is 0.639. The van der Waals surface area contributed by atoms with Crippen molar-refractivity contribution in [3.8, 4) is 11.3 Å². The molecule has 0 amide bonds. The molecule has 3 aromatic rings. The van der Waals surface area contributed by atoms with Crippen molar-refractivity contribution in [1.82, 2.24) is 9.38 Å². The lowest BCUT2D eigenvalue weighted by atomic mass is 10.0. The van der Waals surface area contributed by atoms with Crippen molar-refractivity contribution >= 4 is 16.3 Å². The topological polar surface area (TPSA) is 43.3 Å². The van der Waals surface area contributed by atoms with Crippen LogP contribution in [0.3, 0.4) is 0 Å². The Morgan fingerprint density at radius 2 is 2.00 bits per heavy atom. The Morgan fingerprint density at radius 3 is 2.70 bits per heavy atom. The molecule has 1 aromatic carbocycles. The van der Waals surface area contributed by atoms with E-state index in [-0.39, 0.29) is 0 Å². The summed E-state index contributed by atoms with van der Waals surface area (Å²) in [6.07, 6.45) is 3.00. The van der Waals surface area contributed by atoms with E-state index in [1.54, 1.807) is 11.3 Å². The maximum absolute atomic E-state index is 5.78. The molecule has 3 nitrogen and oxygen atoms in total. The Morgan fingerprint density at radius 1 is 1.20 bits per heavy atom. The van der Waals surface area contributed by atoms with E-state index in [9.17, 15) is 0 Å². The molecule has 0 aliphatic rings. The second-order valence-electron chi connectivity index (χ2n) is 5.24. The third kappa shape index (κ3) is 2.15. The van der Waals surface area contributed by atoms with Crippen LogP contribution in [0.25, 0.3) is 16.2 Å². The number of hydrogen-bond acceptors (Lipinski definition) is 3. The SMILES string of the molecule is Cc1cn2c(CCN)c(-c3ccc(C)c(C)c3)nc2s1. The lowest BCUT2D eigenvalue weighted by Crippen LogP contribution is -2.05. The van der Waals surface area contributed by atoms with Gasteiger partial charge in [0, 0.05) is 23.1 Å². The van der Waals surface area contributed by atoms with Gasteiger partial charge in [-0.15, -0.1) is 11.3 Å². The number of aryl methyl sites for hydroxylation is 3. The second kappa shape index (κ2) is 5.04. The zero-order valence-electron chi connectivity index (χ0n) is 12.1. The van der Waals surface area contributed by atoms with Crippen LogP contribution in [-0.2, 0) is 6.42 Å². The molecule has 20 heavy (non-hydrogen) atoms. The van der Waals surface area contributed by atoms with Crippen LogP contribution in [0.5, 0.6) is 0 Å². The van der Waals surface area contributed by atoms with E-state index >= 15 is 0 Å². The van der Waals surface area contributed by atoms with Gasteiger partial charge in [-0.1, -0.05) is 12.1 Å². The lowest BCUT2D eigenvalue weighted by Gasteiger charge is -2.06. The molecule has 3 rings (SSSR count). The van der Waals surface area contributed by atoms with Crippen LogP contribution in [0.1, 0.15) is 21.7 Å². The first-order valence-electron chi connectivity index (χ1n) is 6.85. The molecule has 0 spiro atoms. The van der Waals surface area contributed by atoms with Gasteiger partial charge in [-0.3, -0.25) is 4.40 Å². The van der Waals surface area contributed by atoms with Crippen molar-refractivity contribution < 1.29 is 0 Å². The number of nitrogens with two attached hydrogens (primary N) is 1. The third-order valence-corrected chi connectivity index (χ3v) is 4.60. The highest BCUT2D eigenvalue weighted by molar-refractivity contribution is 7.17. The second-order valence-corrected chi connectivity index (χ2v) is 6.45. The van der Waals surface area contributed by atoms with Crippen LogP contribution in [-0.4, -0.2) is 15.9 Å². The minimum atomic E-state index is 0.639. The largest absolute Gasteiger partial charge is 0.330 e. The number of benzene rings is 1. The number of thiazole rings is 1. The Labute approximate surface area is 123 Å². The van der Waals surface area contributed by atoms with Gasteiger partial charge in [-0.25, -0.2) is 4.98 Å². The number of aromatic nitrogens is 2. The van der Waals surface area contributed by atoms with E-state index in [1.807, 2.05) is 0 Å². The van der Waals surface area contributed by atoms with Crippen molar-refractivity contribution in [3.05, 3.63) is 46.1 Å². The van der Waals surface area contributed by atoms with Gasteiger partial charge in [0.2, 0.25) is 0 Å². The van der Waals surface area contributed by atoms with Crippen LogP contribution in [0.2, 0.25) is 0 Å². The Hall–Kier alpha value is -1.65. The zero-order chi connectivity index (χ0) is 14.3. The van der Waals surface area contributed by atoms with E-state index in [2.05, 4.69) is 49.6 Å². The molecule has 2 aromatic heterocycles. The first kappa shape index (κ1) is 13.3. The van der Waals surface area contributed by atoms with E-state index in [4.69, 9.17) is 10.7 Å². The highest BCUT2D eigenvalue weighted by Gasteiger charge is 2.15. The summed E-state index contributed by atoms with van der Waals surface area (Å²) in [6, 6.07) is 6.53. The monoisotopic (exact) mass is 285 g/mol. The average Bonchev–Trinajstić information content (AvgIpc) is 2.91. The number of imidazole rings is 1. The molecule has 2 N–H and O–H groups in total. The molecule has 0 aliphatic heterocycles. The standard InChI is InChI=1S/C16H19N3S/c1-10-4-5-13(8-11(10)2)15-14(6-7-17)19-9-12(3)20-16(19)18-15/h4-5,8-9H,6-7,17H2,1-3H3. The number of hydrogen-bond donors (Lipinski definition) is 1. The summed E-state index contributed by atoms with van der Waals surface area (Å²) in [5.41, 5.74) is 11.9. The minimum Gasteiger partial charge on any atom is -0.330 e. The van der Waals surface area contributed by atoms with Crippen LogP contribution < -0.4 is 5.73 Å². The first-order valence-corrected chi connectivity index (χ1v) is 7.67. The highest BCUT2D eigenvalue weighted by atomic mass is 32.1. The summed E-state index contributed by atoms with van der Waals surface area (Å²) >= 11 is 1.73. The molecule has 0 unspecified atom stereocenters.